The maximum Gasteiger partial charge on any atom is 0.0771 e. The van der Waals surface area contributed by atoms with E-state index in [0.29, 0.717) is 6.42 Å². The molecule has 0 aliphatic heterocycles. The summed E-state index contributed by atoms with van der Waals surface area (Å²) in [6, 6.07) is 0. The number of hydrogen-bond acceptors (Lipinski definition) is 2. The van der Waals surface area contributed by atoms with Crippen LogP contribution in [0.25, 0.3) is 0 Å². The van der Waals surface area contributed by atoms with Crippen LogP contribution < -0.4 is 0 Å². The zero-order chi connectivity index (χ0) is 8.20. The Labute approximate surface area is 62.2 Å². The van der Waals surface area contributed by atoms with Crippen LogP contribution in [-0.2, 0) is 0 Å². The second-order valence-corrected chi connectivity index (χ2v) is 3.14. The molecule has 0 aliphatic rings. The lowest BCUT2D eigenvalue weighted by atomic mass is 10.1. The zero-order valence-electron chi connectivity index (χ0n) is 6.83. The molecule has 0 aliphatic carbocycles. The van der Waals surface area contributed by atoms with E-state index in [1.54, 1.807) is 32.9 Å². The van der Waals surface area contributed by atoms with Gasteiger partial charge in [0, 0.05) is 0 Å². The van der Waals surface area contributed by atoms with Gasteiger partial charge in [-0.15, -0.1) is 0 Å². The third-order valence-electron chi connectivity index (χ3n) is 1.00. The van der Waals surface area contributed by atoms with Crippen molar-refractivity contribution >= 4 is 0 Å². The molecule has 0 bridgehead atoms. The molecule has 10 heavy (non-hydrogen) atoms. The highest BCUT2D eigenvalue weighted by Crippen LogP contribution is 2.03. The molecular weight excluding hydrogens is 128 g/mol. The predicted octanol–water partition coefficient (Wildman–Crippen LogP) is 1.08. The van der Waals surface area contributed by atoms with E-state index in [1.807, 2.05) is 0 Å². The lowest BCUT2D eigenvalue weighted by molar-refractivity contribution is 0.132. The molecule has 0 radical (unpaired) electrons. The van der Waals surface area contributed by atoms with Gasteiger partial charge in [0.25, 0.3) is 0 Å². The lowest BCUT2D eigenvalue weighted by Gasteiger charge is -2.10. The topological polar surface area (TPSA) is 40.5 Å². The van der Waals surface area contributed by atoms with E-state index < -0.39 is 5.60 Å². The minimum atomic E-state index is -0.755. The smallest absolute Gasteiger partial charge is 0.0771 e. The third-order valence-corrected chi connectivity index (χ3v) is 1.00. The molecule has 0 heterocycles. The van der Waals surface area contributed by atoms with E-state index >= 15 is 0 Å². The van der Waals surface area contributed by atoms with Gasteiger partial charge < -0.3 is 10.2 Å². The number of hydrogen-bond donors (Lipinski definition) is 2. The Balaban J connectivity index is 3.57. The largest absolute Gasteiger partial charge is 0.393 e. The molecule has 0 rings (SSSR count). The van der Waals surface area contributed by atoms with Crippen LogP contribution in [0.1, 0.15) is 27.2 Å². The highest BCUT2D eigenvalue weighted by molar-refractivity contribution is 4.95. The molecule has 2 nitrogen and oxygen atoms in total. The van der Waals surface area contributed by atoms with E-state index in [-0.39, 0.29) is 6.10 Å². The molecule has 0 saturated heterocycles. The summed E-state index contributed by atoms with van der Waals surface area (Å²) < 4.78 is 0. The molecule has 1 atom stereocenters. The van der Waals surface area contributed by atoms with E-state index in [1.165, 1.54) is 0 Å². The average molecular weight is 144 g/mol. The summed E-state index contributed by atoms with van der Waals surface area (Å²) in [5, 5.41) is 18.0. The van der Waals surface area contributed by atoms with Gasteiger partial charge in [-0.25, -0.2) is 0 Å². The van der Waals surface area contributed by atoms with Crippen molar-refractivity contribution in [2.45, 2.75) is 38.9 Å². The molecule has 0 aromatic carbocycles. The quantitative estimate of drug-likeness (QED) is 0.582. The number of rotatable bonds is 3. The van der Waals surface area contributed by atoms with Crippen LogP contribution in [0.2, 0.25) is 0 Å². The first-order valence-corrected chi connectivity index (χ1v) is 3.50. The summed E-state index contributed by atoms with van der Waals surface area (Å²) in [5.74, 6) is 0. The van der Waals surface area contributed by atoms with Gasteiger partial charge >= 0.3 is 0 Å². The highest BCUT2D eigenvalue weighted by atomic mass is 16.3. The Morgan fingerprint density at radius 1 is 1.50 bits per heavy atom. The molecule has 2 N–H and O–H groups in total. The van der Waals surface area contributed by atoms with E-state index in [9.17, 15) is 0 Å². The van der Waals surface area contributed by atoms with Gasteiger partial charge in [-0.3, -0.25) is 0 Å². The van der Waals surface area contributed by atoms with Crippen molar-refractivity contribution in [1.29, 1.82) is 0 Å². The monoisotopic (exact) mass is 144 g/mol. The van der Waals surface area contributed by atoms with Crippen molar-refractivity contribution in [3.63, 3.8) is 0 Å². The fraction of sp³-hybridized carbons (Fsp3) is 0.750. The van der Waals surface area contributed by atoms with Crippen molar-refractivity contribution < 1.29 is 10.2 Å². The van der Waals surface area contributed by atoms with E-state index in [4.69, 9.17) is 10.2 Å². The van der Waals surface area contributed by atoms with Crippen LogP contribution >= 0.6 is 0 Å². The van der Waals surface area contributed by atoms with Crippen molar-refractivity contribution in [2.75, 3.05) is 0 Å². The number of aliphatic hydroxyl groups is 2. The van der Waals surface area contributed by atoms with Gasteiger partial charge in [-0.05, 0) is 27.2 Å². The summed E-state index contributed by atoms with van der Waals surface area (Å²) in [5.41, 5.74) is -0.755. The maximum atomic E-state index is 9.16. The summed E-state index contributed by atoms with van der Waals surface area (Å²) in [7, 11) is 0. The average Bonchev–Trinajstić information content (AvgIpc) is 1.59. The van der Waals surface area contributed by atoms with Gasteiger partial charge in [0.2, 0.25) is 0 Å². The van der Waals surface area contributed by atoms with E-state index in [0.717, 1.165) is 0 Å². The minimum Gasteiger partial charge on any atom is -0.393 e. The zero-order valence-corrected chi connectivity index (χ0v) is 6.83. The molecule has 0 aromatic heterocycles. The van der Waals surface area contributed by atoms with E-state index in [2.05, 4.69) is 0 Å². The second kappa shape index (κ2) is 3.74. The van der Waals surface area contributed by atoms with Gasteiger partial charge in [0.05, 0.1) is 11.7 Å². The van der Waals surface area contributed by atoms with Crippen LogP contribution in [0.3, 0.4) is 0 Å². The molecule has 0 aromatic rings. The summed E-state index contributed by atoms with van der Waals surface area (Å²) in [6.45, 7) is 5.12. The SMILES string of the molecule is CC(O)C/C=C/C(C)(C)O. The van der Waals surface area contributed by atoms with Crippen molar-refractivity contribution in [2.24, 2.45) is 0 Å². The highest BCUT2D eigenvalue weighted by Gasteiger charge is 2.05. The third kappa shape index (κ3) is 7.66. The van der Waals surface area contributed by atoms with Gasteiger partial charge in [0.15, 0.2) is 0 Å². The Morgan fingerprint density at radius 3 is 2.30 bits per heavy atom. The first-order chi connectivity index (χ1) is 4.42. The van der Waals surface area contributed by atoms with Crippen molar-refractivity contribution in [1.82, 2.24) is 0 Å². The van der Waals surface area contributed by atoms with Crippen molar-refractivity contribution in [3.05, 3.63) is 12.2 Å². The van der Waals surface area contributed by atoms with Crippen molar-refractivity contribution in [3.8, 4) is 0 Å². The first kappa shape index (κ1) is 9.66. The fourth-order valence-electron chi connectivity index (χ4n) is 0.553. The standard InChI is InChI=1S/C8H16O2/c1-7(9)5-4-6-8(2,3)10/h4,6-7,9-10H,5H2,1-3H3/b6-4+. The van der Waals surface area contributed by atoms with Crippen LogP contribution in [-0.4, -0.2) is 21.9 Å². The summed E-state index contributed by atoms with van der Waals surface area (Å²) in [4.78, 5) is 0. The second-order valence-electron chi connectivity index (χ2n) is 3.14. The van der Waals surface area contributed by atoms with Gasteiger partial charge in [-0.1, -0.05) is 12.2 Å². The minimum absolute atomic E-state index is 0.321. The Bertz CT molecular complexity index is 109. The van der Waals surface area contributed by atoms with Gasteiger partial charge in [-0.2, -0.15) is 0 Å². The first-order valence-electron chi connectivity index (χ1n) is 3.50. The van der Waals surface area contributed by atoms with Gasteiger partial charge in [0.1, 0.15) is 0 Å². The normalized spacial score (nSPS) is 16.1. The molecule has 0 saturated carbocycles. The summed E-state index contributed by atoms with van der Waals surface area (Å²) >= 11 is 0. The predicted molar refractivity (Wildman–Crippen MR) is 41.7 cm³/mol. The molecule has 0 amide bonds. The van der Waals surface area contributed by atoms with Crippen LogP contribution in [0.4, 0.5) is 0 Å². The molecular formula is C8H16O2. The Hall–Kier alpha value is -0.340. The Morgan fingerprint density at radius 2 is 2.00 bits per heavy atom. The lowest BCUT2D eigenvalue weighted by Crippen LogP contribution is -2.13. The Kier molecular flexibility index (Phi) is 3.61. The van der Waals surface area contributed by atoms with Crippen LogP contribution in [0, 0.1) is 0 Å². The molecule has 1 unspecified atom stereocenters. The van der Waals surface area contributed by atoms with Crippen LogP contribution in [0.5, 0.6) is 0 Å². The molecule has 2 heteroatoms. The molecule has 60 valence electrons. The summed E-state index contributed by atoms with van der Waals surface area (Å²) in [6.07, 6.45) is 3.74. The maximum absolute atomic E-state index is 9.16. The molecule has 0 spiro atoms. The fourth-order valence-corrected chi connectivity index (χ4v) is 0.553. The molecule has 0 fully saturated rings. The number of aliphatic hydroxyl groups excluding tert-OH is 1. The van der Waals surface area contributed by atoms with Crippen LogP contribution in [0.15, 0.2) is 12.2 Å².